The largest absolute Gasteiger partial charge is 0.497 e. The molecule has 9 nitrogen and oxygen atoms in total. The van der Waals surface area contributed by atoms with Crippen molar-refractivity contribution in [2.24, 2.45) is 11.8 Å². The van der Waals surface area contributed by atoms with E-state index in [0.29, 0.717) is 11.3 Å². The summed E-state index contributed by atoms with van der Waals surface area (Å²) in [4.78, 5) is 53.6. The molecular formula is C24H21N3O6. The smallest absolute Gasteiger partial charge is 0.271 e. The molecule has 0 N–H and O–H groups in total. The van der Waals surface area contributed by atoms with Crippen LogP contribution in [0, 0.1) is 28.9 Å². The van der Waals surface area contributed by atoms with Gasteiger partial charge in [0.05, 0.1) is 35.6 Å². The van der Waals surface area contributed by atoms with Crippen LogP contribution >= 0.6 is 0 Å². The molecule has 168 valence electrons. The van der Waals surface area contributed by atoms with E-state index in [4.69, 9.17) is 4.74 Å². The summed E-state index contributed by atoms with van der Waals surface area (Å²) in [5, 5.41) is 11.3. The average molecular weight is 447 g/mol. The third kappa shape index (κ3) is 2.88. The normalized spacial score (nSPS) is 25.1. The van der Waals surface area contributed by atoms with E-state index in [1.54, 1.807) is 20.1 Å². The van der Waals surface area contributed by atoms with E-state index >= 15 is 0 Å². The number of nitro groups is 1. The Labute approximate surface area is 189 Å². The number of amides is 2. The molecule has 0 saturated carbocycles. The molecule has 3 aliphatic rings. The van der Waals surface area contributed by atoms with E-state index in [-0.39, 0.29) is 17.2 Å². The van der Waals surface area contributed by atoms with Crippen molar-refractivity contribution >= 4 is 40.7 Å². The predicted molar refractivity (Wildman–Crippen MR) is 120 cm³/mol. The first kappa shape index (κ1) is 20.9. The highest BCUT2D eigenvalue weighted by atomic mass is 16.6. The van der Waals surface area contributed by atoms with Gasteiger partial charge in [-0.1, -0.05) is 18.2 Å². The third-order valence-electron chi connectivity index (χ3n) is 6.77. The number of imide groups is 1. The lowest BCUT2D eigenvalue weighted by Crippen LogP contribution is -2.48. The standard InChI is InChI=1S/C24H21N3O6/c1-12-4-6-15(27(31)32)11-19(12)26-23(29)20-18-8-5-14-10-16(33-3)7-9-17(14)25(18)22(13(2)28)21(20)24(26)30/h4-11,18,20-22H,1-3H3/t18-,20-,21+,22+/m1/s1. The van der Waals surface area contributed by atoms with Crippen molar-refractivity contribution in [2.75, 3.05) is 16.9 Å². The highest BCUT2D eigenvalue weighted by Gasteiger charge is 2.63. The fourth-order valence-electron chi connectivity index (χ4n) is 5.33. The summed E-state index contributed by atoms with van der Waals surface area (Å²) in [5.74, 6) is -2.16. The van der Waals surface area contributed by atoms with Gasteiger partial charge in [-0.05, 0) is 37.6 Å². The molecule has 2 fully saturated rings. The highest BCUT2D eigenvalue weighted by Crippen LogP contribution is 2.50. The van der Waals surface area contributed by atoms with Gasteiger partial charge >= 0.3 is 0 Å². The average Bonchev–Trinajstić information content (AvgIpc) is 3.26. The summed E-state index contributed by atoms with van der Waals surface area (Å²) in [5.41, 5.74) is 2.14. The first-order valence-corrected chi connectivity index (χ1v) is 10.5. The molecule has 9 heteroatoms. The van der Waals surface area contributed by atoms with Crippen molar-refractivity contribution in [1.29, 1.82) is 0 Å². The number of hydrogen-bond acceptors (Lipinski definition) is 7. The minimum absolute atomic E-state index is 0.187. The van der Waals surface area contributed by atoms with Crippen molar-refractivity contribution < 1.29 is 24.0 Å². The Morgan fingerprint density at radius 2 is 1.79 bits per heavy atom. The van der Waals surface area contributed by atoms with Gasteiger partial charge in [0.15, 0.2) is 5.78 Å². The van der Waals surface area contributed by atoms with Crippen LogP contribution in [0.1, 0.15) is 18.1 Å². The molecule has 0 spiro atoms. The molecule has 33 heavy (non-hydrogen) atoms. The number of rotatable bonds is 4. The monoisotopic (exact) mass is 447 g/mol. The van der Waals surface area contributed by atoms with Gasteiger partial charge in [-0.2, -0.15) is 0 Å². The molecule has 4 atom stereocenters. The zero-order valence-corrected chi connectivity index (χ0v) is 18.2. The van der Waals surface area contributed by atoms with Crippen molar-refractivity contribution in [3.05, 3.63) is 63.7 Å². The number of aryl methyl sites for hydroxylation is 1. The molecule has 2 aromatic rings. The minimum atomic E-state index is -0.878. The van der Waals surface area contributed by atoms with Gasteiger partial charge in [0.25, 0.3) is 5.69 Å². The fourth-order valence-corrected chi connectivity index (χ4v) is 5.33. The van der Waals surface area contributed by atoms with Crippen molar-refractivity contribution in [1.82, 2.24) is 0 Å². The number of fused-ring (bicyclic) bond motifs is 5. The van der Waals surface area contributed by atoms with Crippen LogP contribution in [0.15, 0.2) is 42.5 Å². The van der Waals surface area contributed by atoms with Crippen molar-refractivity contribution in [3.8, 4) is 5.75 Å². The van der Waals surface area contributed by atoms with Crippen LogP contribution in [-0.2, 0) is 14.4 Å². The number of benzene rings is 2. The van der Waals surface area contributed by atoms with Crippen LogP contribution in [-0.4, -0.2) is 41.7 Å². The number of ether oxygens (including phenoxy) is 1. The van der Waals surface area contributed by atoms with E-state index in [1.165, 1.54) is 25.1 Å². The lowest BCUT2D eigenvalue weighted by atomic mass is 9.88. The van der Waals surface area contributed by atoms with Gasteiger partial charge in [0, 0.05) is 23.4 Å². The zero-order valence-electron chi connectivity index (χ0n) is 18.2. The van der Waals surface area contributed by atoms with E-state index in [1.807, 2.05) is 29.2 Å². The maximum absolute atomic E-state index is 13.6. The number of hydrogen-bond donors (Lipinski definition) is 0. The second kappa shape index (κ2) is 7.26. The van der Waals surface area contributed by atoms with Crippen molar-refractivity contribution in [3.63, 3.8) is 0 Å². The molecule has 0 aliphatic carbocycles. The second-order valence-corrected chi connectivity index (χ2v) is 8.53. The molecule has 2 amide bonds. The van der Waals surface area contributed by atoms with Gasteiger partial charge in [-0.15, -0.1) is 0 Å². The number of non-ortho nitro benzene ring substituents is 1. The first-order chi connectivity index (χ1) is 15.7. The summed E-state index contributed by atoms with van der Waals surface area (Å²) in [6.07, 6.45) is 3.72. The van der Waals surface area contributed by atoms with Crippen LogP contribution in [0.5, 0.6) is 5.75 Å². The first-order valence-electron chi connectivity index (χ1n) is 10.5. The highest BCUT2D eigenvalue weighted by molar-refractivity contribution is 6.25. The Kier molecular flexibility index (Phi) is 4.59. The maximum atomic E-state index is 13.6. The molecular weight excluding hydrogens is 426 g/mol. The Hall–Kier alpha value is -4.01. The number of Topliss-reactive ketones (excluding diaryl/α,β-unsaturated/α-hetero) is 1. The van der Waals surface area contributed by atoms with Gasteiger partial charge in [0.2, 0.25) is 11.8 Å². The summed E-state index contributed by atoms with van der Waals surface area (Å²) >= 11 is 0. The van der Waals surface area contributed by atoms with E-state index in [2.05, 4.69) is 0 Å². The van der Waals surface area contributed by atoms with Crippen LogP contribution < -0.4 is 14.5 Å². The number of methoxy groups -OCH3 is 1. The maximum Gasteiger partial charge on any atom is 0.271 e. The molecule has 5 rings (SSSR count). The predicted octanol–water partition coefficient (Wildman–Crippen LogP) is 2.89. The number of nitro benzene ring substituents is 1. The molecule has 0 bridgehead atoms. The number of nitrogens with zero attached hydrogens (tertiary/aromatic N) is 3. The molecule has 0 unspecified atom stereocenters. The SMILES string of the molecule is COc1ccc2c(c1)C=C[C@@H]1[C@H]3C(=O)N(c4cc([N+](=O)[O-])ccc4C)C(=O)[C@@H]3[C@H](C(C)=O)N21. The summed E-state index contributed by atoms with van der Waals surface area (Å²) < 4.78 is 5.29. The molecule has 3 heterocycles. The summed E-state index contributed by atoms with van der Waals surface area (Å²) in [6, 6.07) is 8.24. The molecule has 2 aromatic carbocycles. The van der Waals surface area contributed by atoms with Gasteiger partial charge in [0.1, 0.15) is 11.8 Å². The molecule has 3 aliphatic heterocycles. The Morgan fingerprint density at radius 1 is 1.06 bits per heavy atom. The molecule has 0 aromatic heterocycles. The lowest BCUT2D eigenvalue weighted by molar-refractivity contribution is -0.384. The number of anilines is 2. The quantitative estimate of drug-likeness (QED) is 0.403. The van der Waals surface area contributed by atoms with E-state index in [9.17, 15) is 24.5 Å². The summed E-state index contributed by atoms with van der Waals surface area (Å²) in [7, 11) is 1.57. The summed E-state index contributed by atoms with van der Waals surface area (Å²) in [6.45, 7) is 3.11. The van der Waals surface area contributed by atoms with Gasteiger partial charge in [-0.25, -0.2) is 4.90 Å². The Bertz CT molecular complexity index is 1270. The van der Waals surface area contributed by atoms with Crippen LogP contribution in [0.3, 0.4) is 0 Å². The second-order valence-electron chi connectivity index (χ2n) is 8.53. The van der Waals surface area contributed by atoms with Crippen LogP contribution in [0.25, 0.3) is 6.08 Å². The van der Waals surface area contributed by atoms with E-state index < -0.39 is 40.7 Å². The Balaban J connectivity index is 1.61. The third-order valence-corrected chi connectivity index (χ3v) is 6.77. The fraction of sp³-hybridized carbons (Fsp3) is 0.292. The molecule has 2 saturated heterocycles. The number of carbonyl (C=O) groups is 3. The van der Waals surface area contributed by atoms with E-state index in [0.717, 1.165) is 16.2 Å². The number of carbonyl (C=O) groups excluding carboxylic acids is 3. The van der Waals surface area contributed by atoms with Crippen molar-refractivity contribution in [2.45, 2.75) is 25.9 Å². The van der Waals surface area contributed by atoms with Gasteiger partial charge < -0.3 is 9.64 Å². The van der Waals surface area contributed by atoms with Crippen LogP contribution in [0.4, 0.5) is 17.1 Å². The number of ketones is 1. The van der Waals surface area contributed by atoms with Crippen LogP contribution in [0.2, 0.25) is 0 Å². The topological polar surface area (TPSA) is 110 Å². The molecule has 0 radical (unpaired) electrons. The lowest BCUT2D eigenvalue weighted by Gasteiger charge is -2.36. The Morgan fingerprint density at radius 3 is 2.45 bits per heavy atom. The minimum Gasteiger partial charge on any atom is -0.497 e. The van der Waals surface area contributed by atoms with Gasteiger partial charge in [-0.3, -0.25) is 24.5 Å². The zero-order chi connectivity index (χ0) is 23.6.